The molecule has 0 heterocycles. The van der Waals surface area contributed by atoms with Crippen LogP contribution in [0, 0.1) is 5.41 Å². The Labute approximate surface area is 111 Å². The normalized spacial score (nSPS) is 21.1. The lowest BCUT2D eigenvalue weighted by molar-refractivity contribution is -0.132. The van der Waals surface area contributed by atoms with Crippen molar-refractivity contribution in [3.8, 4) is 0 Å². The molecule has 0 saturated heterocycles. The van der Waals surface area contributed by atoms with Gasteiger partial charge in [-0.3, -0.25) is 4.79 Å². The summed E-state index contributed by atoms with van der Waals surface area (Å²) in [4.78, 5) is 12.5. The number of rotatable bonds is 6. The van der Waals surface area contributed by atoms with Crippen molar-refractivity contribution >= 4 is 5.91 Å². The van der Waals surface area contributed by atoms with Crippen molar-refractivity contribution < 1.29 is 9.53 Å². The molecule has 0 aromatic rings. The standard InChI is InChI=1S/C14H28N2O2/c1-3-12(10-18-2)16-13(17)14(11-15)8-6-4-5-7-9-14/h12H,3-11,15H2,1-2H3,(H,16,17). The van der Waals surface area contributed by atoms with Gasteiger partial charge in [0.2, 0.25) is 5.91 Å². The zero-order chi connectivity index (χ0) is 13.4. The van der Waals surface area contributed by atoms with E-state index in [1.54, 1.807) is 7.11 Å². The number of carbonyl (C=O) groups is 1. The van der Waals surface area contributed by atoms with Gasteiger partial charge >= 0.3 is 0 Å². The first-order chi connectivity index (χ1) is 8.68. The van der Waals surface area contributed by atoms with Crippen LogP contribution in [0.1, 0.15) is 51.9 Å². The highest BCUT2D eigenvalue weighted by molar-refractivity contribution is 5.83. The summed E-state index contributed by atoms with van der Waals surface area (Å²) >= 11 is 0. The summed E-state index contributed by atoms with van der Waals surface area (Å²) in [5.41, 5.74) is 5.57. The van der Waals surface area contributed by atoms with Gasteiger partial charge in [0.15, 0.2) is 0 Å². The molecular weight excluding hydrogens is 228 g/mol. The highest BCUT2D eigenvalue weighted by Crippen LogP contribution is 2.34. The molecule has 0 bridgehead atoms. The molecular formula is C14H28N2O2. The summed E-state index contributed by atoms with van der Waals surface area (Å²) in [6, 6.07) is 0.106. The van der Waals surface area contributed by atoms with Crippen LogP contribution >= 0.6 is 0 Å². The van der Waals surface area contributed by atoms with Crippen LogP contribution in [-0.4, -0.2) is 32.2 Å². The minimum Gasteiger partial charge on any atom is -0.383 e. The van der Waals surface area contributed by atoms with Crippen LogP contribution in [0.25, 0.3) is 0 Å². The van der Waals surface area contributed by atoms with E-state index in [9.17, 15) is 4.79 Å². The van der Waals surface area contributed by atoms with Crippen LogP contribution in [0.5, 0.6) is 0 Å². The van der Waals surface area contributed by atoms with Crippen molar-refractivity contribution in [1.29, 1.82) is 0 Å². The van der Waals surface area contributed by atoms with Gasteiger partial charge < -0.3 is 15.8 Å². The van der Waals surface area contributed by atoms with Gasteiger partial charge in [-0.05, 0) is 19.3 Å². The van der Waals surface area contributed by atoms with Crippen molar-refractivity contribution in [3.63, 3.8) is 0 Å². The third kappa shape index (κ3) is 3.95. The van der Waals surface area contributed by atoms with Gasteiger partial charge in [-0.1, -0.05) is 32.6 Å². The van der Waals surface area contributed by atoms with Crippen LogP contribution in [-0.2, 0) is 9.53 Å². The van der Waals surface area contributed by atoms with E-state index in [2.05, 4.69) is 12.2 Å². The monoisotopic (exact) mass is 256 g/mol. The lowest BCUT2D eigenvalue weighted by Crippen LogP contribution is -2.50. The average Bonchev–Trinajstić information content (AvgIpc) is 2.64. The molecule has 1 saturated carbocycles. The van der Waals surface area contributed by atoms with Crippen molar-refractivity contribution in [2.24, 2.45) is 11.1 Å². The number of carbonyl (C=O) groups excluding carboxylic acids is 1. The van der Waals surface area contributed by atoms with Crippen molar-refractivity contribution in [2.75, 3.05) is 20.3 Å². The third-order valence-electron chi connectivity index (χ3n) is 4.13. The zero-order valence-electron chi connectivity index (χ0n) is 11.8. The zero-order valence-corrected chi connectivity index (χ0v) is 11.8. The van der Waals surface area contributed by atoms with Crippen molar-refractivity contribution in [1.82, 2.24) is 5.32 Å². The molecule has 18 heavy (non-hydrogen) atoms. The fourth-order valence-corrected chi connectivity index (χ4v) is 2.73. The Kier molecular flexibility index (Phi) is 6.65. The minimum absolute atomic E-state index is 0.106. The third-order valence-corrected chi connectivity index (χ3v) is 4.13. The molecule has 4 heteroatoms. The highest BCUT2D eigenvalue weighted by Gasteiger charge is 2.37. The molecule has 1 amide bonds. The van der Waals surface area contributed by atoms with Gasteiger partial charge in [-0.15, -0.1) is 0 Å². The highest BCUT2D eigenvalue weighted by atomic mass is 16.5. The van der Waals surface area contributed by atoms with Gasteiger partial charge in [0.1, 0.15) is 0 Å². The first kappa shape index (κ1) is 15.4. The van der Waals surface area contributed by atoms with E-state index in [0.29, 0.717) is 13.2 Å². The molecule has 106 valence electrons. The largest absolute Gasteiger partial charge is 0.383 e. The van der Waals surface area contributed by atoms with Gasteiger partial charge in [0.25, 0.3) is 0 Å². The van der Waals surface area contributed by atoms with Crippen molar-refractivity contribution in [2.45, 2.75) is 57.9 Å². The molecule has 0 aromatic carbocycles. The number of methoxy groups -OCH3 is 1. The number of ether oxygens (including phenoxy) is 1. The number of amides is 1. The summed E-state index contributed by atoms with van der Waals surface area (Å²) in [5.74, 6) is 0.135. The molecule has 0 aromatic heterocycles. The van der Waals surface area contributed by atoms with Gasteiger partial charge in [-0.25, -0.2) is 0 Å². The summed E-state index contributed by atoms with van der Waals surface area (Å²) < 4.78 is 5.13. The Morgan fingerprint density at radius 1 is 1.33 bits per heavy atom. The first-order valence-corrected chi connectivity index (χ1v) is 7.18. The molecule has 1 unspecified atom stereocenters. The van der Waals surface area contributed by atoms with Crippen LogP contribution in [0.3, 0.4) is 0 Å². The van der Waals surface area contributed by atoms with E-state index in [-0.39, 0.29) is 17.4 Å². The lowest BCUT2D eigenvalue weighted by Gasteiger charge is -2.31. The van der Waals surface area contributed by atoms with Gasteiger partial charge in [0, 0.05) is 13.7 Å². The van der Waals surface area contributed by atoms with Gasteiger partial charge in [-0.2, -0.15) is 0 Å². The second kappa shape index (κ2) is 7.74. The minimum atomic E-state index is -0.336. The first-order valence-electron chi connectivity index (χ1n) is 7.18. The van der Waals surface area contributed by atoms with Crippen molar-refractivity contribution in [3.05, 3.63) is 0 Å². The predicted octanol–water partition coefficient (Wildman–Crippen LogP) is 1.83. The van der Waals surface area contributed by atoms with E-state index < -0.39 is 0 Å². The summed E-state index contributed by atoms with van der Waals surface area (Å²) in [5, 5.41) is 3.11. The SMILES string of the molecule is CCC(COC)NC(=O)C1(CN)CCCCCC1. The molecule has 1 aliphatic carbocycles. The Morgan fingerprint density at radius 2 is 1.94 bits per heavy atom. The van der Waals surface area contributed by atoms with E-state index in [1.165, 1.54) is 12.8 Å². The molecule has 3 N–H and O–H groups in total. The molecule has 0 radical (unpaired) electrons. The molecule has 1 rings (SSSR count). The second-order valence-corrected chi connectivity index (χ2v) is 5.43. The van der Waals surface area contributed by atoms with E-state index >= 15 is 0 Å². The van der Waals surface area contributed by atoms with Crippen LogP contribution < -0.4 is 11.1 Å². The fraction of sp³-hybridized carbons (Fsp3) is 0.929. The molecule has 1 aliphatic rings. The summed E-state index contributed by atoms with van der Waals surface area (Å²) in [7, 11) is 1.67. The Balaban J connectivity index is 2.64. The maximum atomic E-state index is 12.5. The number of nitrogens with one attached hydrogen (secondary N) is 1. The molecule has 0 spiro atoms. The van der Waals surface area contributed by atoms with E-state index in [1.807, 2.05) is 0 Å². The number of nitrogens with two attached hydrogens (primary N) is 1. The smallest absolute Gasteiger partial charge is 0.227 e. The lowest BCUT2D eigenvalue weighted by atomic mass is 9.79. The van der Waals surface area contributed by atoms with Crippen LogP contribution in [0.15, 0.2) is 0 Å². The van der Waals surface area contributed by atoms with E-state index in [0.717, 1.165) is 32.1 Å². The molecule has 1 atom stereocenters. The van der Waals surface area contributed by atoms with Gasteiger partial charge in [0.05, 0.1) is 18.1 Å². The molecule has 0 aliphatic heterocycles. The fourth-order valence-electron chi connectivity index (χ4n) is 2.73. The Bertz CT molecular complexity index is 248. The summed E-state index contributed by atoms with van der Waals surface area (Å²) in [6.07, 6.45) is 7.43. The second-order valence-electron chi connectivity index (χ2n) is 5.43. The maximum Gasteiger partial charge on any atom is 0.227 e. The molecule has 4 nitrogen and oxygen atoms in total. The van der Waals surface area contributed by atoms with Crippen LogP contribution in [0.2, 0.25) is 0 Å². The summed E-state index contributed by atoms with van der Waals surface area (Å²) in [6.45, 7) is 3.09. The van der Waals surface area contributed by atoms with E-state index in [4.69, 9.17) is 10.5 Å². The topological polar surface area (TPSA) is 64.3 Å². The maximum absolute atomic E-state index is 12.5. The number of hydrogen-bond donors (Lipinski definition) is 2. The molecule has 1 fully saturated rings. The average molecular weight is 256 g/mol. The predicted molar refractivity (Wildman–Crippen MR) is 73.3 cm³/mol. The van der Waals surface area contributed by atoms with Crippen LogP contribution in [0.4, 0.5) is 0 Å². The Morgan fingerprint density at radius 3 is 2.39 bits per heavy atom. The quantitative estimate of drug-likeness (QED) is 0.713. The number of hydrogen-bond acceptors (Lipinski definition) is 3. The Hall–Kier alpha value is -0.610.